The van der Waals surface area contributed by atoms with Crippen LogP contribution in [-0.2, 0) is 0 Å². The first-order valence-corrected chi connectivity index (χ1v) is 7.13. The second kappa shape index (κ2) is 6.37. The molecule has 24 heavy (non-hydrogen) atoms. The molecule has 0 spiro atoms. The number of benzene rings is 3. The van der Waals surface area contributed by atoms with Crippen molar-refractivity contribution >= 4 is 22.6 Å². The van der Waals surface area contributed by atoms with Crippen LogP contribution in [-0.4, -0.2) is 16.9 Å². The quantitative estimate of drug-likeness (QED) is 0.634. The van der Waals surface area contributed by atoms with Crippen molar-refractivity contribution in [1.82, 2.24) is 10.9 Å². The lowest BCUT2D eigenvalue weighted by Crippen LogP contribution is -2.42. The molecule has 0 aliphatic rings. The maximum atomic E-state index is 13.5. The lowest BCUT2D eigenvalue weighted by Gasteiger charge is -2.10. The number of halogens is 1. The maximum Gasteiger partial charge on any atom is 0.273 e. The van der Waals surface area contributed by atoms with Gasteiger partial charge in [0.05, 0.1) is 11.1 Å². The number of amides is 2. The largest absolute Gasteiger partial charge is 0.507 e. The second-order valence-corrected chi connectivity index (χ2v) is 5.10. The monoisotopic (exact) mass is 324 g/mol. The van der Waals surface area contributed by atoms with Crippen molar-refractivity contribution in [2.75, 3.05) is 0 Å². The van der Waals surface area contributed by atoms with Crippen LogP contribution in [0.1, 0.15) is 20.7 Å². The van der Waals surface area contributed by atoms with E-state index >= 15 is 0 Å². The SMILES string of the molecule is O=C(NNC(=O)c1ccccc1F)c1cc2ccccc2cc1O. The molecular formula is C18H13FN2O3. The minimum Gasteiger partial charge on any atom is -0.507 e. The van der Waals surface area contributed by atoms with E-state index in [2.05, 4.69) is 10.9 Å². The van der Waals surface area contributed by atoms with Crippen molar-refractivity contribution in [3.05, 3.63) is 77.6 Å². The van der Waals surface area contributed by atoms with Crippen LogP contribution < -0.4 is 10.9 Å². The van der Waals surface area contributed by atoms with Crippen molar-refractivity contribution in [2.45, 2.75) is 0 Å². The first-order chi connectivity index (χ1) is 11.6. The molecule has 3 aromatic carbocycles. The van der Waals surface area contributed by atoms with Crippen LogP contribution in [0.25, 0.3) is 10.8 Å². The van der Waals surface area contributed by atoms with Gasteiger partial charge >= 0.3 is 0 Å². The van der Waals surface area contributed by atoms with Gasteiger partial charge < -0.3 is 5.11 Å². The van der Waals surface area contributed by atoms with Gasteiger partial charge in [-0.25, -0.2) is 4.39 Å². The van der Waals surface area contributed by atoms with E-state index in [1.165, 1.54) is 30.3 Å². The number of phenolic OH excluding ortho intramolecular Hbond substituents is 1. The third kappa shape index (κ3) is 3.03. The first-order valence-electron chi connectivity index (χ1n) is 7.13. The Balaban J connectivity index is 1.77. The molecule has 0 bridgehead atoms. The number of rotatable bonds is 2. The third-order valence-electron chi connectivity index (χ3n) is 3.52. The molecule has 0 aliphatic carbocycles. The molecule has 3 rings (SSSR count). The van der Waals surface area contributed by atoms with Gasteiger partial charge in [0.15, 0.2) is 0 Å². The van der Waals surface area contributed by atoms with Gasteiger partial charge in [0.2, 0.25) is 0 Å². The number of fused-ring (bicyclic) bond motifs is 1. The molecule has 6 heteroatoms. The van der Waals surface area contributed by atoms with E-state index < -0.39 is 17.6 Å². The number of hydrazine groups is 1. The fraction of sp³-hybridized carbons (Fsp3) is 0. The Labute approximate surface area is 136 Å². The molecule has 0 aromatic heterocycles. The number of phenols is 1. The smallest absolute Gasteiger partial charge is 0.273 e. The van der Waals surface area contributed by atoms with Crippen molar-refractivity contribution in [1.29, 1.82) is 0 Å². The highest BCUT2D eigenvalue weighted by Gasteiger charge is 2.15. The minimum absolute atomic E-state index is 0.00235. The summed E-state index contributed by atoms with van der Waals surface area (Å²) in [6, 6.07) is 15.6. The minimum atomic E-state index is -0.790. The zero-order chi connectivity index (χ0) is 17.1. The predicted molar refractivity (Wildman–Crippen MR) is 86.9 cm³/mol. The van der Waals surface area contributed by atoms with E-state index in [1.54, 1.807) is 18.2 Å². The summed E-state index contributed by atoms with van der Waals surface area (Å²) in [6.07, 6.45) is 0. The van der Waals surface area contributed by atoms with E-state index in [-0.39, 0.29) is 16.9 Å². The molecule has 0 saturated carbocycles. The number of aromatic hydroxyl groups is 1. The van der Waals surface area contributed by atoms with Gasteiger partial charge in [-0.05, 0) is 35.0 Å². The summed E-state index contributed by atoms with van der Waals surface area (Å²) in [5.41, 5.74) is 4.10. The molecular weight excluding hydrogens is 311 g/mol. The van der Waals surface area contributed by atoms with Crippen LogP contribution >= 0.6 is 0 Å². The van der Waals surface area contributed by atoms with Crippen LogP contribution in [0.3, 0.4) is 0 Å². The fourth-order valence-electron chi connectivity index (χ4n) is 2.30. The Kier molecular flexibility index (Phi) is 4.11. The first kappa shape index (κ1) is 15.5. The Morgan fingerprint density at radius 1 is 0.792 bits per heavy atom. The van der Waals surface area contributed by atoms with Gasteiger partial charge in [-0.1, -0.05) is 36.4 Å². The molecule has 0 radical (unpaired) electrons. The molecule has 120 valence electrons. The van der Waals surface area contributed by atoms with Gasteiger partial charge in [-0.15, -0.1) is 0 Å². The van der Waals surface area contributed by atoms with Crippen LogP contribution in [0.15, 0.2) is 60.7 Å². The fourth-order valence-corrected chi connectivity index (χ4v) is 2.30. The summed E-state index contributed by atoms with van der Waals surface area (Å²) in [5, 5.41) is 11.5. The Morgan fingerprint density at radius 2 is 1.33 bits per heavy atom. The van der Waals surface area contributed by atoms with Crippen molar-refractivity contribution < 1.29 is 19.1 Å². The highest BCUT2D eigenvalue weighted by molar-refractivity contribution is 6.03. The average molecular weight is 324 g/mol. The number of carbonyl (C=O) groups excluding carboxylic acids is 2. The van der Waals surface area contributed by atoms with Gasteiger partial charge in [0.1, 0.15) is 11.6 Å². The summed E-state index contributed by atoms with van der Waals surface area (Å²) < 4.78 is 13.5. The predicted octanol–water partition coefficient (Wildman–Crippen LogP) is 2.76. The molecule has 5 nitrogen and oxygen atoms in total. The average Bonchev–Trinajstić information content (AvgIpc) is 2.59. The maximum absolute atomic E-state index is 13.5. The standard InChI is InChI=1S/C18H13FN2O3/c19-15-8-4-3-7-13(15)17(23)20-21-18(24)14-9-11-5-1-2-6-12(11)10-16(14)22/h1-10,22H,(H,20,23)(H,21,24). The molecule has 0 atom stereocenters. The second-order valence-electron chi connectivity index (χ2n) is 5.10. The Morgan fingerprint density at radius 3 is 2.00 bits per heavy atom. The van der Waals surface area contributed by atoms with Gasteiger partial charge in [0.25, 0.3) is 11.8 Å². The summed E-state index contributed by atoms with van der Waals surface area (Å²) in [7, 11) is 0. The number of carbonyl (C=O) groups is 2. The van der Waals surface area contributed by atoms with Gasteiger partial charge in [0, 0.05) is 0 Å². The molecule has 0 fully saturated rings. The molecule has 0 aliphatic heterocycles. The summed E-state index contributed by atoms with van der Waals surface area (Å²) in [4.78, 5) is 24.0. The topological polar surface area (TPSA) is 78.4 Å². The van der Waals surface area contributed by atoms with Gasteiger partial charge in [-0.2, -0.15) is 0 Å². The summed E-state index contributed by atoms with van der Waals surface area (Å²) in [6.45, 7) is 0. The highest BCUT2D eigenvalue weighted by atomic mass is 19.1. The molecule has 0 saturated heterocycles. The third-order valence-corrected chi connectivity index (χ3v) is 3.52. The van der Waals surface area contributed by atoms with Crippen LogP contribution in [0.2, 0.25) is 0 Å². The van der Waals surface area contributed by atoms with Crippen molar-refractivity contribution in [2.24, 2.45) is 0 Å². The van der Waals surface area contributed by atoms with E-state index in [4.69, 9.17) is 0 Å². The van der Waals surface area contributed by atoms with E-state index in [0.29, 0.717) is 0 Å². The van der Waals surface area contributed by atoms with E-state index in [9.17, 15) is 19.1 Å². The molecule has 3 aromatic rings. The van der Waals surface area contributed by atoms with E-state index in [1.807, 2.05) is 6.07 Å². The molecule has 2 amide bonds. The number of hydrogen-bond acceptors (Lipinski definition) is 3. The number of nitrogens with one attached hydrogen (secondary N) is 2. The lowest BCUT2D eigenvalue weighted by molar-refractivity contribution is 0.0842. The summed E-state index contributed by atoms with van der Waals surface area (Å²) >= 11 is 0. The zero-order valence-corrected chi connectivity index (χ0v) is 12.4. The molecule has 0 unspecified atom stereocenters. The Bertz CT molecular complexity index is 940. The van der Waals surface area contributed by atoms with Crippen LogP contribution in [0.4, 0.5) is 4.39 Å². The van der Waals surface area contributed by atoms with Crippen LogP contribution in [0.5, 0.6) is 5.75 Å². The summed E-state index contributed by atoms with van der Waals surface area (Å²) in [5.74, 6) is -2.41. The molecule has 3 N–H and O–H groups in total. The normalized spacial score (nSPS) is 10.4. The van der Waals surface area contributed by atoms with Gasteiger partial charge in [-0.3, -0.25) is 20.4 Å². The van der Waals surface area contributed by atoms with Crippen molar-refractivity contribution in [3.8, 4) is 5.75 Å². The lowest BCUT2D eigenvalue weighted by atomic mass is 10.1. The van der Waals surface area contributed by atoms with E-state index in [0.717, 1.165) is 16.8 Å². The Hall–Kier alpha value is -3.41. The van der Waals surface area contributed by atoms with Crippen molar-refractivity contribution in [3.63, 3.8) is 0 Å². The molecule has 0 heterocycles. The highest BCUT2D eigenvalue weighted by Crippen LogP contribution is 2.24. The van der Waals surface area contributed by atoms with Crippen LogP contribution in [0, 0.1) is 5.82 Å². The number of hydrogen-bond donors (Lipinski definition) is 3. The zero-order valence-electron chi connectivity index (χ0n) is 12.4.